The van der Waals surface area contributed by atoms with Gasteiger partial charge in [0.25, 0.3) is 0 Å². The van der Waals surface area contributed by atoms with Crippen molar-refractivity contribution in [2.24, 2.45) is 0 Å². The normalized spacial score (nSPS) is 22.4. The molecule has 0 N–H and O–H groups in total. The first-order valence-electron chi connectivity index (χ1n) is 13.7. The predicted octanol–water partition coefficient (Wildman–Crippen LogP) is 7.56. The molecule has 0 spiro atoms. The van der Waals surface area contributed by atoms with Gasteiger partial charge in [-0.1, -0.05) is 103 Å². The van der Waals surface area contributed by atoms with Gasteiger partial charge >= 0.3 is 0 Å². The zero-order chi connectivity index (χ0) is 28.3. The van der Waals surface area contributed by atoms with Crippen molar-refractivity contribution < 1.29 is 23.7 Å². The molecule has 1 heterocycles. The number of benzene rings is 4. The van der Waals surface area contributed by atoms with Crippen LogP contribution in [0.2, 0.25) is 5.02 Å². The molecular weight excluding hydrogens is 556 g/mol. The molecule has 0 amide bonds. The molecule has 0 saturated carbocycles. The summed E-state index contributed by atoms with van der Waals surface area (Å²) >= 11 is 7.82. The van der Waals surface area contributed by atoms with Crippen LogP contribution in [0.5, 0.6) is 0 Å². The summed E-state index contributed by atoms with van der Waals surface area (Å²) in [5.74, 6) is 0. The Hall–Kier alpha value is -2.68. The van der Waals surface area contributed by atoms with Crippen LogP contribution in [-0.2, 0) is 43.5 Å². The third kappa shape index (κ3) is 8.66. The van der Waals surface area contributed by atoms with Crippen LogP contribution in [0, 0.1) is 0 Å². The van der Waals surface area contributed by atoms with Crippen LogP contribution in [0.25, 0.3) is 0 Å². The third-order valence-electron chi connectivity index (χ3n) is 6.87. The smallest absolute Gasteiger partial charge is 0.172 e. The molecule has 1 fully saturated rings. The molecule has 7 heteroatoms. The van der Waals surface area contributed by atoms with Gasteiger partial charge in [0, 0.05) is 17.0 Å². The summed E-state index contributed by atoms with van der Waals surface area (Å²) in [6, 6.07) is 38.2. The Morgan fingerprint density at radius 2 is 1.17 bits per heavy atom. The molecule has 0 aliphatic carbocycles. The van der Waals surface area contributed by atoms with Crippen molar-refractivity contribution in [3.8, 4) is 0 Å². The van der Waals surface area contributed by atoms with Crippen LogP contribution in [0.1, 0.15) is 16.7 Å². The highest BCUT2D eigenvalue weighted by atomic mass is 35.5. The quantitative estimate of drug-likeness (QED) is 0.160. The minimum Gasteiger partial charge on any atom is -0.374 e. The van der Waals surface area contributed by atoms with Gasteiger partial charge in [0.1, 0.15) is 18.3 Å². The number of hydrogen-bond acceptors (Lipinski definition) is 6. The van der Waals surface area contributed by atoms with Gasteiger partial charge in [-0.3, -0.25) is 0 Å². The summed E-state index contributed by atoms with van der Waals surface area (Å²) in [6.07, 6.45) is -1.72. The van der Waals surface area contributed by atoms with Crippen molar-refractivity contribution in [2.45, 2.75) is 54.6 Å². The van der Waals surface area contributed by atoms with Crippen LogP contribution in [0.15, 0.2) is 120 Å². The lowest BCUT2D eigenvalue weighted by atomic mass is 10.00. The topological polar surface area (TPSA) is 46.2 Å². The second-order valence-corrected chi connectivity index (χ2v) is 11.5. The molecule has 5 atom stereocenters. The van der Waals surface area contributed by atoms with E-state index in [4.69, 9.17) is 35.3 Å². The van der Waals surface area contributed by atoms with Crippen LogP contribution in [0.4, 0.5) is 0 Å². The van der Waals surface area contributed by atoms with Crippen molar-refractivity contribution in [3.63, 3.8) is 0 Å². The molecule has 4 aromatic rings. The van der Waals surface area contributed by atoms with E-state index in [1.165, 1.54) is 0 Å². The van der Waals surface area contributed by atoms with Crippen molar-refractivity contribution in [2.75, 3.05) is 13.7 Å². The van der Waals surface area contributed by atoms with E-state index in [1.807, 2.05) is 91.0 Å². The van der Waals surface area contributed by atoms with E-state index < -0.39 is 18.5 Å². The van der Waals surface area contributed by atoms with Crippen LogP contribution in [-0.4, -0.2) is 43.6 Å². The fourth-order valence-electron chi connectivity index (χ4n) is 4.79. The van der Waals surface area contributed by atoms with Gasteiger partial charge in [0.15, 0.2) is 6.29 Å². The van der Waals surface area contributed by atoms with Crippen molar-refractivity contribution in [1.82, 2.24) is 0 Å². The van der Waals surface area contributed by atoms with Gasteiger partial charge in [0.2, 0.25) is 0 Å². The second kappa shape index (κ2) is 15.5. The number of rotatable bonds is 13. The first-order valence-corrected chi connectivity index (χ1v) is 15.0. The maximum atomic E-state index is 6.72. The fourth-order valence-corrected chi connectivity index (χ4v) is 6.18. The van der Waals surface area contributed by atoms with E-state index in [0.717, 1.165) is 21.6 Å². The number of thioether (sulfide) groups is 1. The highest BCUT2D eigenvalue weighted by molar-refractivity contribution is 8.00. The van der Waals surface area contributed by atoms with Crippen LogP contribution in [0.3, 0.4) is 0 Å². The highest BCUT2D eigenvalue weighted by Gasteiger charge is 2.48. The number of hydrogen-bond donors (Lipinski definition) is 0. The Labute approximate surface area is 251 Å². The Balaban J connectivity index is 1.41. The van der Waals surface area contributed by atoms with Crippen molar-refractivity contribution >= 4 is 23.4 Å². The minimum atomic E-state index is -0.543. The molecule has 1 aliphatic heterocycles. The van der Waals surface area contributed by atoms with Crippen LogP contribution >= 0.6 is 23.4 Å². The summed E-state index contributed by atoms with van der Waals surface area (Å²) in [6.45, 7) is 1.66. The van der Waals surface area contributed by atoms with E-state index >= 15 is 0 Å². The molecule has 5 nitrogen and oxygen atoms in total. The maximum Gasteiger partial charge on any atom is 0.172 e. The van der Waals surface area contributed by atoms with Gasteiger partial charge in [-0.05, 0) is 41.0 Å². The van der Waals surface area contributed by atoms with E-state index in [-0.39, 0.29) is 11.4 Å². The second-order valence-electron chi connectivity index (χ2n) is 9.84. The Bertz CT molecular complexity index is 1290. The van der Waals surface area contributed by atoms with E-state index in [0.29, 0.717) is 31.5 Å². The average molecular weight is 591 g/mol. The largest absolute Gasteiger partial charge is 0.374 e. The molecule has 1 aliphatic rings. The van der Waals surface area contributed by atoms with Gasteiger partial charge in [-0.15, -0.1) is 11.8 Å². The van der Waals surface area contributed by atoms with Crippen molar-refractivity contribution in [1.29, 1.82) is 0 Å². The van der Waals surface area contributed by atoms with E-state index in [2.05, 4.69) is 24.3 Å². The first-order chi connectivity index (χ1) is 20.2. The first kappa shape index (κ1) is 29.8. The zero-order valence-corrected chi connectivity index (χ0v) is 24.6. The van der Waals surface area contributed by atoms with E-state index in [1.54, 1.807) is 18.9 Å². The molecule has 1 saturated heterocycles. The fraction of sp³-hybridized carbons (Fsp3) is 0.294. The summed E-state index contributed by atoms with van der Waals surface area (Å²) in [5.41, 5.74) is 3.26. The zero-order valence-electron chi connectivity index (χ0n) is 23.0. The van der Waals surface area contributed by atoms with Crippen LogP contribution < -0.4 is 0 Å². The maximum absolute atomic E-state index is 6.72. The summed E-state index contributed by atoms with van der Waals surface area (Å²) in [4.78, 5) is 1.04. The average Bonchev–Trinajstić information content (AvgIpc) is 3.02. The van der Waals surface area contributed by atoms with Gasteiger partial charge < -0.3 is 23.7 Å². The standard InChI is InChI=1S/C34H35ClO5S/c1-36-34-33(41-29-19-17-28(35)18-20-29)32(39-23-27-15-9-4-10-16-27)31(38-22-26-13-7-3-8-14-26)30(40-34)24-37-21-25-11-5-2-6-12-25/h2-20,30-34H,21-24H2,1H3/t30-,31-,32+,33+,34+/m1/s1. The molecule has 0 radical (unpaired) electrons. The molecule has 41 heavy (non-hydrogen) atoms. The monoisotopic (exact) mass is 590 g/mol. The summed E-state index contributed by atoms with van der Waals surface area (Å²) in [5, 5.41) is 0.477. The number of halogens is 1. The Morgan fingerprint density at radius 3 is 1.71 bits per heavy atom. The molecule has 4 aromatic carbocycles. The third-order valence-corrected chi connectivity index (χ3v) is 8.43. The predicted molar refractivity (Wildman–Crippen MR) is 163 cm³/mol. The molecule has 5 rings (SSSR count). The minimum absolute atomic E-state index is 0.212. The Kier molecular flexibility index (Phi) is 11.3. The number of methoxy groups -OCH3 is 1. The molecular formula is C34H35ClO5S. The van der Waals surface area contributed by atoms with Gasteiger partial charge in [-0.2, -0.15) is 0 Å². The van der Waals surface area contributed by atoms with E-state index in [9.17, 15) is 0 Å². The van der Waals surface area contributed by atoms with Gasteiger partial charge in [-0.25, -0.2) is 0 Å². The molecule has 0 bridgehead atoms. The SMILES string of the molecule is CO[C@H]1O[C@H](COCc2ccccc2)[C@@H](OCc2ccccc2)[C@H](OCc2ccccc2)[C@@H]1Sc1ccc(Cl)cc1. The Morgan fingerprint density at radius 1 is 0.659 bits per heavy atom. The lowest BCUT2D eigenvalue weighted by molar-refractivity contribution is -0.268. The van der Waals surface area contributed by atoms with Crippen molar-refractivity contribution in [3.05, 3.63) is 137 Å². The van der Waals surface area contributed by atoms with Gasteiger partial charge in [0.05, 0.1) is 31.7 Å². The lowest BCUT2D eigenvalue weighted by Gasteiger charge is -2.45. The molecule has 0 unspecified atom stereocenters. The molecule has 0 aromatic heterocycles. The summed E-state index contributed by atoms with van der Waals surface area (Å²) < 4.78 is 32.0. The number of ether oxygens (including phenoxy) is 5. The highest BCUT2D eigenvalue weighted by Crippen LogP contribution is 2.39. The molecule has 214 valence electrons. The summed E-state index contributed by atoms with van der Waals surface area (Å²) in [7, 11) is 1.67. The lowest BCUT2D eigenvalue weighted by Crippen LogP contribution is -2.59.